The Bertz CT molecular complexity index is 735. The average Bonchev–Trinajstić information content (AvgIpc) is 3.22. The van der Waals surface area contributed by atoms with Gasteiger partial charge in [0.25, 0.3) is 0 Å². The highest BCUT2D eigenvalue weighted by molar-refractivity contribution is 7.28. The summed E-state index contributed by atoms with van der Waals surface area (Å²) in [6.07, 6.45) is 1.86. The van der Waals surface area contributed by atoms with Gasteiger partial charge in [-0.1, -0.05) is 6.07 Å². The van der Waals surface area contributed by atoms with E-state index in [2.05, 4.69) is 46.8 Å². The summed E-state index contributed by atoms with van der Waals surface area (Å²) in [7, 11) is 0. The van der Waals surface area contributed by atoms with E-state index in [1.165, 1.54) is 24.4 Å². The van der Waals surface area contributed by atoms with E-state index in [9.17, 15) is 0 Å². The maximum atomic E-state index is 4.37. The van der Waals surface area contributed by atoms with Gasteiger partial charge in [-0.3, -0.25) is 0 Å². The number of nitrogens with zero attached hydrogens (tertiary/aromatic N) is 1. The molecular formula is C15H9NS4. The Kier molecular flexibility index (Phi) is 3.28. The van der Waals surface area contributed by atoms with E-state index in [1.807, 2.05) is 34.3 Å². The van der Waals surface area contributed by atoms with Gasteiger partial charge in [0, 0.05) is 31.1 Å². The molecule has 0 aliphatic carbocycles. The first-order valence-corrected chi connectivity index (χ1v) is 9.43. The first-order chi connectivity index (χ1) is 9.90. The highest BCUT2D eigenvalue weighted by Crippen LogP contribution is 2.41. The molecule has 1 nitrogen and oxygen atoms in total. The largest absolute Gasteiger partial charge is 0.244 e. The van der Waals surface area contributed by atoms with Crippen LogP contribution in [0.4, 0.5) is 0 Å². The number of aromatic nitrogens is 1. The normalized spacial score (nSPS) is 11.0. The zero-order valence-electron chi connectivity index (χ0n) is 10.3. The number of hydrogen-bond acceptors (Lipinski definition) is 5. The number of thiazole rings is 1. The van der Waals surface area contributed by atoms with Crippen LogP contribution in [0.5, 0.6) is 0 Å². The van der Waals surface area contributed by atoms with Gasteiger partial charge in [0.1, 0.15) is 5.01 Å². The van der Waals surface area contributed by atoms with Crippen LogP contribution in [0.2, 0.25) is 0 Å². The van der Waals surface area contributed by atoms with Gasteiger partial charge in [-0.2, -0.15) is 0 Å². The molecule has 0 amide bonds. The van der Waals surface area contributed by atoms with Crippen molar-refractivity contribution in [3.63, 3.8) is 0 Å². The second-order valence-corrected chi connectivity index (χ2v) is 8.15. The van der Waals surface area contributed by atoms with Gasteiger partial charge in [0.2, 0.25) is 0 Å². The molecule has 5 heteroatoms. The summed E-state index contributed by atoms with van der Waals surface area (Å²) < 4.78 is 0. The Labute approximate surface area is 132 Å². The van der Waals surface area contributed by atoms with Crippen molar-refractivity contribution in [1.82, 2.24) is 4.98 Å². The zero-order valence-corrected chi connectivity index (χ0v) is 13.5. The fraction of sp³-hybridized carbons (Fsp3) is 0. The van der Waals surface area contributed by atoms with Crippen LogP contribution in [-0.4, -0.2) is 4.98 Å². The van der Waals surface area contributed by atoms with Gasteiger partial charge < -0.3 is 0 Å². The minimum Gasteiger partial charge on any atom is -0.244 e. The van der Waals surface area contributed by atoms with Crippen LogP contribution in [0.1, 0.15) is 0 Å². The molecule has 0 bridgehead atoms. The summed E-state index contributed by atoms with van der Waals surface area (Å²) in [5, 5.41) is 5.26. The zero-order chi connectivity index (χ0) is 13.4. The molecule has 4 rings (SSSR count). The quantitative estimate of drug-likeness (QED) is 0.427. The third-order valence-electron chi connectivity index (χ3n) is 2.86. The molecule has 0 spiro atoms. The van der Waals surface area contributed by atoms with Crippen molar-refractivity contribution in [2.45, 2.75) is 0 Å². The molecule has 0 aromatic carbocycles. The lowest BCUT2D eigenvalue weighted by molar-refractivity contribution is 1.43. The molecule has 0 aliphatic heterocycles. The SMILES string of the molecule is c1csc(-c2ccc(-c3ccc(-c4nccs4)s3)s2)c1. The fourth-order valence-corrected chi connectivity index (χ4v) is 5.61. The van der Waals surface area contributed by atoms with E-state index < -0.39 is 0 Å². The highest BCUT2D eigenvalue weighted by atomic mass is 32.1. The minimum absolute atomic E-state index is 1.11. The van der Waals surface area contributed by atoms with E-state index in [4.69, 9.17) is 0 Å². The van der Waals surface area contributed by atoms with Crippen LogP contribution in [0.15, 0.2) is 53.4 Å². The van der Waals surface area contributed by atoms with Gasteiger partial charge in [-0.25, -0.2) is 4.98 Å². The summed E-state index contributed by atoms with van der Waals surface area (Å²) in [4.78, 5) is 11.0. The molecule has 0 fully saturated rings. The molecule has 20 heavy (non-hydrogen) atoms. The molecule has 4 aromatic rings. The van der Waals surface area contributed by atoms with Crippen molar-refractivity contribution in [1.29, 1.82) is 0 Å². The second-order valence-electron chi connectivity index (χ2n) is 4.14. The monoisotopic (exact) mass is 331 g/mol. The van der Waals surface area contributed by atoms with E-state index in [1.54, 1.807) is 22.7 Å². The Hall–Kier alpha value is -1.27. The molecule has 4 aromatic heterocycles. The van der Waals surface area contributed by atoms with Crippen molar-refractivity contribution in [2.24, 2.45) is 0 Å². The molecule has 0 N–H and O–H groups in total. The number of thiophene rings is 3. The van der Waals surface area contributed by atoms with Crippen molar-refractivity contribution >= 4 is 45.3 Å². The van der Waals surface area contributed by atoms with Crippen molar-refractivity contribution in [3.8, 4) is 29.4 Å². The van der Waals surface area contributed by atoms with E-state index in [-0.39, 0.29) is 0 Å². The summed E-state index contributed by atoms with van der Waals surface area (Å²) in [5.41, 5.74) is 0. The van der Waals surface area contributed by atoms with Crippen molar-refractivity contribution < 1.29 is 0 Å². The van der Waals surface area contributed by atoms with Crippen LogP contribution >= 0.6 is 45.3 Å². The molecule has 0 atom stereocenters. The lowest BCUT2D eigenvalue weighted by Crippen LogP contribution is -1.63. The topological polar surface area (TPSA) is 12.9 Å². The summed E-state index contributed by atoms with van der Waals surface area (Å²) in [6.45, 7) is 0. The van der Waals surface area contributed by atoms with Gasteiger partial charge in [-0.15, -0.1) is 45.3 Å². The first kappa shape index (κ1) is 12.5. The third-order valence-corrected chi connectivity index (χ3v) is 7.24. The molecule has 0 saturated heterocycles. The van der Waals surface area contributed by atoms with Gasteiger partial charge in [-0.05, 0) is 35.7 Å². The molecule has 0 unspecified atom stereocenters. The van der Waals surface area contributed by atoms with Gasteiger partial charge in [0.05, 0.1) is 4.88 Å². The van der Waals surface area contributed by atoms with Crippen LogP contribution in [-0.2, 0) is 0 Å². The predicted molar refractivity (Wildman–Crippen MR) is 92.1 cm³/mol. The number of hydrogen-bond donors (Lipinski definition) is 0. The highest BCUT2D eigenvalue weighted by Gasteiger charge is 2.10. The van der Waals surface area contributed by atoms with Crippen molar-refractivity contribution in [3.05, 3.63) is 53.4 Å². The standard InChI is InChI=1S/C15H9NS4/c1-2-10(17-8-1)11-3-4-12(19-11)13-5-6-14(20-13)15-16-7-9-18-15/h1-9H. The number of rotatable bonds is 3. The first-order valence-electron chi connectivity index (χ1n) is 6.04. The molecular weight excluding hydrogens is 322 g/mol. The lowest BCUT2D eigenvalue weighted by atomic mass is 10.3. The van der Waals surface area contributed by atoms with Gasteiger partial charge >= 0.3 is 0 Å². The van der Waals surface area contributed by atoms with E-state index in [0.29, 0.717) is 0 Å². The Balaban J connectivity index is 1.68. The Morgan fingerprint density at radius 3 is 2.00 bits per heavy atom. The third kappa shape index (κ3) is 2.27. The smallest absolute Gasteiger partial charge is 0.133 e. The average molecular weight is 332 g/mol. The summed E-state index contributed by atoms with van der Waals surface area (Å²) in [5.74, 6) is 0. The summed E-state index contributed by atoms with van der Waals surface area (Å²) in [6, 6.07) is 13.1. The molecule has 4 heterocycles. The van der Waals surface area contributed by atoms with Crippen molar-refractivity contribution in [2.75, 3.05) is 0 Å². The maximum absolute atomic E-state index is 4.37. The van der Waals surface area contributed by atoms with Crippen LogP contribution in [0.25, 0.3) is 29.4 Å². The molecule has 0 radical (unpaired) electrons. The van der Waals surface area contributed by atoms with Gasteiger partial charge in [0.15, 0.2) is 0 Å². The van der Waals surface area contributed by atoms with Crippen LogP contribution in [0.3, 0.4) is 0 Å². The summed E-state index contributed by atoms with van der Waals surface area (Å²) >= 11 is 7.16. The Morgan fingerprint density at radius 1 is 0.650 bits per heavy atom. The second kappa shape index (κ2) is 5.26. The van der Waals surface area contributed by atoms with Crippen LogP contribution < -0.4 is 0 Å². The molecule has 98 valence electrons. The molecule has 0 aliphatic rings. The molecule has 0 saturated carbocycles. The predicted octanol–water partition coefficient (Wildman–Crippen LogP) is 6.33. The Morgan fingerprint density at radius 2 is 1.35 bits per heavy atom. The minimum atomic E-state index is 1.11. The van der Waals surface area contributed by atoms with E-state index in [0.717, 1.165) is 5.01 Å². The van der Waals surface area contributed by atoms with E-state index >= 15 is 0 Å². The fourth-order valence-electron chi connectivity index (χ4n) is 1.95. The maximum Gasteiger partial charge on any atom is 0.133 e. The lowest BCUT2D eigenvalue weighted by Gasteiger charge is -1.91. The van der Waals surface area contributed by atoms with Crippen LogP contribution in [0, 0.1) is 0 Å².